The van der Waals surface area contributed by atoms with Crippen molar-refractivity contribution in [2.24, 2.45) is 0 Å². The Morgan fingerprint density at radius 1 is 0.435 bits per heavy atom. The third-order valence-electron chi connectivity index (χ3n) is 12.7. The molecular weight excluding hydrogens is 767 g/mol. The van der Waals surface area contributed by atoms with Gasteiger partial charge in [0, 0.05) is 12.8 Å². The van der Waals surface area contributed by atoms with Crippen LogP contribution in [0.2, 0.25) is 0 Å². The summed E-state index contributed by atoms with van der Waals surface area (Å²) in [5, 5.41) is 23.1. The number of ether oxygens (including phenoxy) is 1. The lowest BCUT2D eigenvalue weighted by atomic mass is 10.0. The van der Waals surface area contributed by atoms with Gasteiger partial charge in [-0.1, -0.05) is 231 Å². The number of carbonyl (C=O) groups excluding carboxylic acids is 2. The van der Waals surface area contributed by atoms with Crippen LogP contribution in [0.3, 0.4) is 0 Å². The first-order valence-electron chi connectivity index (χ1n) is 27.6. The average Bonchev–Trinajstić information content (AvgIpc) is 3.27. The Balaban J connectivity index is 3.40. The number of nitrogens with one attached hydrogen (secondary N) is 1. The molecule has 0 aliphatic heterocycles. The van der Waals surface area contributed by atoms with Crippen LogP contribution in [0.4, 0.5) is 0 Å². The van der Waals surface area contributed by atoms with Gasteiger partial charge in [-0.25, -0.2) is 0 Å². The molecule has 6 nitrogen and oxygen atoms in total. The van der Waals surface area contributed by atoms with E-state index in [0.29, 0.717) is 25.9 Å². The van der Waals surface area contributed by atoms with Gasteiger partial charge < -0.3 is 20.3 Å². The van der Waals surface area contributed by atoms with E-state index in [-0.39, 0.29) is 18.5 Å². The summed E-state index contributed by atoms with van der Waals surface area (Å²) in [6.45, 7) is 4.92. The summed E-state index contributed by atoms with van der Waals surface area (Å²) in [4.78, 5) is 24.4. The van der Waals surface area contributed by atoms with Crippen molar-refractivity contribution >= 4 is 11.9 Å². The molecule has 0 bridgehead atoms. The zero-order chi connectivity index (χ0) is 45.1. The molecule has 0 rings (SSSR count). The van der Waals surface area contributed by atoms with Crippen LogP contribution in [0, 0.1) is 0 Å². The quantitative estimate of drug-likeness (QED) is 0.0321. The summed E-state index contributed by atoms with van der Waals surface area (Å²) in [6.07, 6.45) is 61.7. The van der Waals surface area contributed by atoms with Gasteiger partial charge in [-0.15, -0.1) is 0 Å². The van der Waals surface area contributed by atoms with Crippen molar-refractivity contribution in [1.29, 1.82) is 0 Å². The van der Waals surface area contributed by atoms with E-state index in [2.05, 4.69) is 43.5 Å². The Kier molecular flexibility index (Phi) is 50.6. The predicted molar refractivity (Wildman–Crippen MR) is 269 cm³/mol. The highest BCUT2D eigenvalue weighted by atomic mass is 16.5. The second-order valence-corrected chi connectivity index (χ2v) is 18.9. The zero-order valence-electron chi connectivity index (χ0n) is 41.6. The molecule has 0 spiro atoms. The van der Waals surface area contributed by atoms with Crippen molar-refractivity contribution in [1.82, 2.24) is 5.32 Å². The normalized spacial score (nSPS) is 12.8. The van der Waals surface area contributed by atoms with Crippen LogP contribution in [0.15, 0.2) is 24.3 Å². The number of allylic oxidation sites excluding steroid dienone is 4. The second-order valence-electron chi connectivity index (χ2n) is 18.9. The van der Waals surface area contributed by atoms with Crippen LogP contribution in [-0.4, -0.2) is 47.4 Å². The lowest BCUT2D eigenvalue weighted by molar-refractivity contribution is -0.143. The van der Waals surface area contributed by atoms with Crippen molar-refractivity contribution < 1.29 is 24.5 Å². The lowest BCUT2D eigenvalue weighted by Gasteiger charge is -2.22. The number of hydrogen-bond acceptors (Lipinski definition) is 5. The summed E-state index contributed by atoms with van der Waals surface area (Å²) in [6, 6.07) is -0.545. The number of hydrogen-bond donors (Lipinski definition) is 3. The van der Waals surface area contributed by atoms with Gasteiger partial charge in [-0.05, 0) is 77.0 Å². The smallest absolute Gasteiger partial charge is 0.305 e. The van der Waals surface area contributed by atoms with Gasteiger partial charge in [0.15, 0.2) is 0 Å². The topological polar surface area (TPSA) is 95.9 Å². The summed E-state index contributed by atoms with van der Waals surface area (Å²) in [5.74, 6) is -0.0476. The monoisotopic (exact) mass is 874 g/mol. The number of carbonyl (C=O) groups is 2. The third-order valence-corrected chi connectivity index (χ3v) is 12.7. The Morgan fingerprint density at radius 3 is 1.15 bits per heavy atom. The molecule has 0 saturated heterocycles. The molecule has 1 amide bonds. The molecule has 0 aliphatic rings. The second kappa shape index (κ2) is 52.0. The number of aliphatic hydroxyl groups is 2. The number of aliphatic hydroxyl groups excluding tert-OH is 2. The van der Waals surface area contributed by atoms with Crippen molar-refractivity contribution in [2.45, 2.75) is 309 Å². The molecule has 0 radical (unpaired) electrons. The van der Waals surface area contributed by atoms with Crippen molar-refractivity contribution in [2.75, 3.05) is 13.2 Å². The minimum Gasteiger partial charge on any atom is -0.466 e. The first kappa shape index (κ1) is 60.3. The number of rotatable bonds is 51. The minimum absolute atomic E-state index is 0.00140. The van der Waals surface area contributed by atoms with Gasteiger partial charge in [0.2, 0.25) is 5.91 Å². The number of esters is 1. The summed E-state index contributed by atoms with van der Waals surface area (Å²) in [7, 11) is 0. The van der Waals surface area contributed by atoms with E-state index >= 15 is 0 Å². The summed E-state index contributed by atoms with van der Waals surface area (Å²) in [5.41, 5.74) is 0. The molecule has 2 atom stereocenters. The average molecular weight is 874 g/mol. The van der Waals surface area contributed by atoms with E-state index < -0.39 is 12.1 Å². The van der Waals surface area contributed by atoms with Gasteiger partial charge in [-0.2, -0.15) is 0 Å². The van der Waals surface area contributed by atoms with Crippen LogP contribution in [0.25, 0.3) is 0 Å². The Bertz CT molecular complexity index is 966. The summed E-state index contributed by atoms with van der Waals surface area (Å²) >= 11 is 0. The minimum atomic E-state index is -0.667. The first-order valence-corrected chi connectivity index (χ1v) is 27.6. The maximum atomic E-state index is 12.4. The van der Waals surface area contributed by atoms with E-state index in [1.807, 2.05) is 0 Å². The van der Waals surface area contributed by atoms with Crippen molar-refractivity contribution in [3.05, 3.63) is 24.3 Å². The fourth-order valence-corrected chi connectivity index (χ4v) is 8.45. The van der Waals surface area contributed by atoms with Crippen LogP contribution in [-0.2, 0) is 14.3 Å². The molecule has 0 fully saturated rings. The van der Waals surface area contributed by atoms with E-state index in [1.165, 1.54) is 218 Å². The Labute approximate surface area is 386 Å². The van der Waals surface area contributed by atoms with Crippen LogP contribution < -0.4 is 5.32 Å². The largest absolute Gasteiger partial charge is 0.466 e. The van der Waals surface area contributed by atoms with Crippen molar-refractivity contribution in [3.63, 3.8) is 0 Å². The lowest BCUT2D eigenvalue weighted by Crippen LogP contribution is -2.45. The van der Waals surface area contributed by atoms with Crippen LogP contribution in [0.1, 0.15) is 296 Å². The number of amides is 1. The molecule has 62 heavy (non-hydrogen) atoms. The SMILES string of the molecule is CCCCCCCCC/C=C\CCCCCCCC(=O)OCCCCCCCCCCC/C=C\CCCCCCCCCC(=O)NC(CO)C(O)CCCCCCCCCCC. The van der Waals surface area contributed by atoms with E-state index in [1.54, 1.807) is 0 Å². The zero-order valence-corrected chi connectivity index (χ0v) is 41.6. The molecule has 366 valence electrons. The molecule has 6 heteroatoms. The molecule has 2 unspecified atom stereocenters. The maximum Gasteiger partial charge on any atom is 0.305 e. The third kappa shape index (κ3) is 47.8. The molecule has 0 aromatic rings. The van der Waals surface area contributed by atoms with E-state index in [0.717, 1.165) is 44.9 Å². The van der Waals surface area contributed by atoms with Gasteiger partial charge in [0.1, 0.15) is 0 Å². The highest BCUT2D eigenvalue weighted by Crippen LogP contribution is 2.16. The molecule has 0 saturated carbocycles. The standard InChI is InChI=1S/C56H107NO5/c1-3-5-7-9-11-13-14-15-16-24-27-30-34-38-42-46-50-56(61)62-51-47-43-39-35-31-28-25-22-20-18-17-19-21-23-26-29-33-37-41-45-49-55(60)57-53(52-58)54(59)48-44-40-36-32-12-10-8-6-4-2/h16-17,19,24,53-54,58-59H,3-15,18,20-23,25-52H2,1-2H3,(H,57,60)/b19-17-,24-16-. The number of unbranched alkanes of at least 4 members (excludes halogenated alkanes) is 36. The molecule has 0 aromatic heterocycles. The predicted octanol–water partition coefficient (Wildman–Crippen LogP) is 16.7. The Morgan fingerprint density at radius 2 is 0.758 bits per heavy atom. The summed E-state index contributed by atoms with van der Waals surface area (Å²) < 4.78 is 5.47. The molecule has 0 aromatic carbocycles. The van der Waals surface area contributed by atoms with Crippen LogP contribution >= 0.6 is 0 Å². The Hall–Kier alpha value is -1.66. The highest BCUT2D eigenvalue weighted by molar-refractivity contribution is 5.76. The van der Waals surface area contributed by atoms with E-state index in [4.69, 9.17) is 4.74 Å². The van der Waals surface area contributed by atoms with Gasteiger partial charge in [0.05, 0.1) is 25.4 Å². The molecule has 0 heterocycles. The fraction of sp³-hybridized carbons (Fsp3) is 0.893. The van der Waals surface area contributed by atoms with E-state index in [9.17, 15) is 19.8 Å². The van der Waals surface area contributed by atoms with Gasteiger partial charge in [-0.3, -0.25) is 9.59 Å². The van der Waals surface area contributed by atoms with Crippen LogP contribution in [0.5, 0.6) is 0 Å². The molecule has 0 aliphatic carbocycles. The van der Waals surface area contributed by atoms with Gasteiger partial charge in [0.25, 0.3) is 0 Å². The fourth-order valence-electron chi connectivity index (χ4n) is 8.45. The van der Waals surface area contributed by atoms with Gasteiger partial charge >= 0.3 is 5.97 Å². The maximum absolute atomic E-state index is 12.4. The highest BCUT2D eigenvalue weighted by Gasteiger charge is 2.20. The van der Waals surface area contributed by atoms with Crippen molar-refractivity contribution in [3.8, 4) is 0 Å². The molecule has 3 N–H and O–H groups in total. The first-order chi connectivity index (χ1) is 30.5. The molecular formula is C56H107NO5.